The van der Waals surface area contributed by atoms with E-state index >= 15 is 0 Å². The monoisotopic (exact) mass is 602 g/mol. The second-order valence-corrected chi connectivity index (χ2v) is 10.9. The molecule has 0 bridgehead atoms. The van der Waals surface area contributed by atoms with Gasteiger partial charge in [-0.15, -0.1) is 5.10 Å². The van der Waals surface area contributed by atoms with Gasteiger partial charge in [0.05, 0.1) is 25.8 Å². The van der Waals surface area contributed by atoms with Crippen molar-refractivity contribution < 1.29 is 23.4 Å². The number of carbonyl (C=O) groups is 1. The normalized spacial score (nSPS) is 11.1. The zero-order chi connectivity index (χ0) is 30.0. The summed E-state index contributed by atoms with van der Waals surface area (Å²) in [5, 5.41) is 8.66. The predicted octanol–water partition coefficient (Wildman–Crippen LogP) is 7.72. The van der Waals surface area contributed by atoms with Crippen LogP contribution in [-0.2, 0) is 6.61 Å². The number of carbonyl (C=O) groups excluding carboxylic acids is 1. The maximum Gasteiger partial charge on any atom is 0.294 e. The van der Waals surface area contributed by atoms with Crippen LogP contribution in [0.1, 0.15) is 15.9 Å². The summed E-state index contributed by atoms with van der Waals surface area (Å²) in [7, 11) is 3.17. The fourth-order valence-electron chi connectivity index (χ4n) is 4.90. The second kappa shape index (κ2) is 11.6. The first kappa shape index (κ1) is 27.2. The van der Waals surface area contributed by atoms with Gasteiger partial charge in [-0.25, -0.2) is 9.50 Å². The third-order valence-corrected chi connectivity index (χ3v) is 7.96. The summed E-state index contributed by atoms with van der Waals surface area (Å²) in [4.78, 5) is 18.4. The fourth-order valence-corrected chi connectivity index (χ4v) is 5.60. The van der Waals surface area contributed by atoms with Gasteiger partial charge in [0, 0.05) is 23.4 Å². The van der Waals surface area contributed by atoms with E-state index in [0.29, 0.717) is 49.9 Å². The van der Waals surface area contributed by atoms with E-state index < -0.39 is 0 Å². The molecular formula is C34H26N4O5S. The van der Waals surface area contributed by atoms with Gasteiger partial charge in [-0.1, -0.05) is 54.6 Å². The molecule has 10 heteroatoms. The molecule has 0 saturated heterocycles. The molecular weight excluding hydrogens is 576 g/mol. The lowest BCUT2D eigenvalue weighted by molar-refractivity contribution is 0.102. The van der Waals surface area contributed by atoms with Gasteiger partial charge in [-0.2, -0.15) is 0 Å². The Morgan fingerprint density at radius 3 is 2.57 bits per heavy atom. The van der Waals surface area contributed by atoms with Crippen molar-refractivity contribution >= 4 is 38.9 Å². The molecule has 44 heavy (non-hydrogen) atoms. The molecule has 9 nitrogen and oxygen atoms in total. The highest BCUT2D eigenvalue weighted by Gasteiger charge is 2.17. The lowest BCUT2D eigenvalue weighted by Gasteiger charge is -2.11. The molecule has 7 aromatic rings. The van der Waals surface area contributed by atoms with E-state index in [1.807, 2.05) is 97.1 Å². The average Bonchev–Trinajstić information content (AvgIpc) is 3.78. The summed E-state index contributed by atoms with van der Waals surface area (Å²) >= 11 is 1.34. The third kappa shape index (κ3) is 5.46. The smallest absolute Gasteiger partial charge is 0.294 e. The van der Waals surface area contributed by atoms with Crippen LogP contribution < -0.4 is 19.5 Å². The van der Waals surface area contributed by atoms with Crippen LogP contribution >= 0.6 is 11.3 Å². The van der Waals surface area contributed by atoms with Crippen molar-refractivity contribution in [2.45, 2.75) is 6.61 Å². The summed E-state index contributed by atoms with van der Waals surface area (Å²) in [5.74, 6) is 1.59. The van der Waals surface area contributed by atoms with Crippen molar-refractivity contribution in [1.82, 2.24) is 14.6 Å². The number of hydrogen-bond acceptors (Lipinski definition) is 8. The van der Waals surface area contributed by atoms with Gasteiger partial charge in [-0.05, 0) is 58.4 Å². The molecule has 218 valence electrons. The number of rotatable bonds is 9. The number of anilines is 1. The lowest BCUT2D eigenvalue weighted by atomic mass is 10.0. The summed E-state index contributed by atoms with van der Waals surface area (Å²) < 4.78 is 24.8. The van der Waals surface area contributed by atoms with Crippen LogP contribution in [0, 0.1) is 0 Å². The molecule has 1 N–H and O–H groups in total. The Hall–Kier alpha value is -5.61. The molecule has 0 aliphatic rings. The summed E-state index contributed by atoms with van der Waals surface area (Å²) in [5.41, 5.74) is 5.43. The maximum absolute atomic E-state index is 13.1. The standard InChI is InChI=1S/C34H26N4O5S/c1-40-26-16-29(27-18-31(43-30(27)17-26)28-19-38-33(36-28)44-34(37-38)41-2)42-20-21-8-6-13-25(14-21)35-32(39)24-12-7-11-23(15-24)22-9-4-3-5-10-22/h3-19H,20H2,1-2H3,(H,35,39). The molecule has 0 aliphatic carbocycles. The number of nitrogens with zero attached hydrogens (tertiary/aromatic N) is 3. The summed E-state index contributed by atoms with van der Waals surface area (Å²) in [6.45, 7) is 0.264. The number of amides is 1. The number of methoxy groups -OCH3 is 2. The number of aromatic nitrogens is 3. The van der Waals surface area contributed by atoms with Gasteiger partial charge in [0.2, 0.25) is 4.96 Å². The SMILES string of the molecule is COc1cc(OCc2cccc(NC(=O)c3cccc(-c4ccccc4)c3)c2)c2cc(-c3cn4nc(OC)sc4n3)oc2c1. The van der Waals surface area contributed by atoms with E-state index in [4.69, 9.17) is 18.6 Å². The zero-order valence-corrected chi connectivity index (χ0v) is 24.6. The molecule has 0 saturated carbocycles. The Bertz CT molecular complexity index is 2080. The van der Waals surface area contributed by atoms with Crippen LogP contribution in [0.15, 0.2) is 108 Å². The average molecular weight is 603 g/mol. The highest BCUT2D eigenvalue weighted by atomic mass is 32.1. The van der Waals surface area contributed by atoms with Crippen molar-refractivity contribution in [3.05, 3.63) is 114 Å². The number of imidazole rings is 1. The van der Waals surface area contributed by atoms with Gasteiger partial charge in [0.1, 0.15) is 29.4 Å². The molecule has 0 atom stereocenters. The van der Waals surface area contributed by atoms with Gasteiger partial charge >= 0.3 is 0 Å². The number of nitrogens with one attached hydrogen (secondary N) is 1. The number of benzene rings is 4. The van der Waals surface area contributed by atoms with Crippen LogP contribution in [0.4, 0.5) is 5.69 Å². The molecule has 0 unspecified atom stereocenters. The van der Waals surface area contributed by atoms with Crippen molar-refractivity contribution in [2.24, 2.45) is 0 Å². The first-order chi connectivity index (χ1) is 21.6. The van der Waals surface area contributed by atoms with Gasteiger partial charge in [-0.3, -0.25) is 4.79 Å². The minimum absolute atomic E-state index is 0.186. The minimum atomic E-state index is -0.186. The van der Waals surface area contributed by atoms with E-state index in [0.717, 1.165) is 22.1 Å². The number of fused-ring (bicyclic) bond motifs is 2. The van der Waals surface area contributed by atoms with Crippen LogP contribution in [0.2, 0.25) is 0 Å². The Labute approximate surface area is 256 Å². The minimum Gasteiger partial charge on any atom is -0.496 e. The molecule has 7 rings (SSSR count). The van der Waals surface area contributed by atoms with E-state index in [2.05, 4.69) is 15.4 Å². The van der Waals surface area contributed by atoms with E-state index in [1.54, 1.807) is 24.9 Å². The topological polar surface area (TPSA) is 100 Å². The van der Waals surface area contributed by atoms with Gasteiger partial charge in [0.25, 0.3) is 11.1 Å². The largest absolute Gasteiger partial charge is 0.496 e. The molecule has 1 amide bonds. The molecule has 3 heterocycles. The summed E-state index contributed by atoms with van der Waals surface area (Å²) in [6, 6.07) is 30.7. The van der Waals surface area contributed by atoms with Crippen LogP contribution in [-0.4, -0.2) is 34.7 Å². The molecule has 3 aromatic heterocycles. The number of furan rings is 1. The lowest BCUT2D eigenvalue weighted by Crippen LogP contribution is -2.12. The van der Waals surface area contributed by atoms with Crippen LogP contribution in [0.5, 0.6) is 16.7 Å². The Morgan fingerprint density at radius 1 is 0.909 bits per heavy atom. The summed E-state index contributed by atoms with van der Waals surface area (Å²) in [6.07, 6.45) is 1.79. The Morgan fingerprint density at radius 2 is 1.75 bits per heavy atom. The molecule has 4 aromatic carbocycles. The zero-order valence-electron chi connectivity index (χ0n) is 23.8. The predicted molar refractivity (Wildman–Crippen MR) is 170 cm³/mol. The molecule has 0 spiro atoms. The van der Waals surface area contributed by atoms with Crippen molar-refractivity contribution in [3.8, 4) is 39.3 Å². The van der Waals surface area contributed by atoms with Crippen LogP contribution in [0.25, 0.3) is 38.5 Å². The third-order valence-electron chi connectivity index (χ3n) is 7.07. The Balaban J connectivity index is 1.09. The van der Waals surface area contributed by atoms with Crippen molar-refractivity contribution in [3.63, 3.8) is 0 Å². The van der Waals surface area contributed by atoms with E-state index in [9.17, 15) is 4.79 Å². The number of hydrogen-bond donors (Lipinski definition) is 1. The second-order valence-electron chi connectivity index (χ2n) is 9.96. The molecule has 0 radical (unpaired) electrons. The van der Waals surface area contributed by atoms with E-state index in [1.165, 1.54) is 11.3 Å². The van der Waals surface area contributed by atoms with Gasteiger partial charge in [0.15, 0.2) is 5.76 Å². The quantitative estimate of drug-likeness (QED) is 0.181. The van der Waals surface area contributed by atoms with Crippen LogP contribution in [0.3, 0.4) is 0 Å². The maximum atomic E-state index is 13.1. The highest BCUT2D eigenvalue weighted by Crippen LogP contribution is 2.37. The van der Waals surface area contributed by atoms with Crippen molar-refractivity contribution in [2.75, 3.05) is 19.5 Å². The highest BCUT2D eigenvalue weighted by molar-refractivity contribution is 7.18. The van der Waals surface area contributed by atoms with Gasteiger partial charge < -0.3 is 23.9 Å². The van der Waals surface area contributed by atoms with Crippen molar-refractivity contribution in [1.29, 1.82) is 0 Å². The number of ether oxygens (including phenoxy) is 3. The first-order valence-electron chi connectivity index (χ1n) is 13.8. The molecule has 0 aliphatic heterocycles. The first-order valence-corrected chi connectivity index (χ1v) is 14.6. The molecule has 0 fully saturated rings. The fraction of sp³-hybridized carbons (Fsp3) is 0.0882. The Kier molecular flexibility index (Phi) is 7.17. The van der Waals surface area contributed by atoms with E-state index in [-0.39, 0.29) is 12.5 Å².